The third-order valence-corrected chi connectivity index (χ3v) is 9.34. The lowest BCUT2D eigenvalue weighted by Gasteiger charge is -2.17. The molecule has 0 unspecified atom stereocenters. The fraction of sp³-hybridized carbons (Fsp3) is 0. The molecule has 0 atom stereocenters. The van der Waals surface area contributed by atoms with E-state index < -0.39 is 0 Å². The molecule has 10 rings (SSSR count). The highest BCUT2D eigenvalue weighted by Gasteiger charge is 2.20. The molecular weight excluding hydrogens is 574 g/mol. The molecule has 3 heterocycles. The molecule has 0 N–H and O–H groups in total. The first-order chi connectivity index (χ1) is 23.3. The van der Waals surface area contributed by atoms with Gasteiger partial charge in [0.2, 0.25) is 0 Å². The highest BCUT2D eigenvalue weighted by molar-refractivity contribution is 6.11. The molecule has 0 saturated carbocycles. The van der Waals surface area contributed by atoms with Crippen LogP contribution in [-0.2, 0) is 0 Å². The molecule has 0 spiro atoms. The standard InChI is InChI=1S/C43H27N3O/c1-2-12-28(13-3-1)43-44-35-16-6-8-18-38(35)46(43)40-20-10-9-19-39(40)45-36-17-7-4-14-31(36)33-26-29(22-24-37(33)45)30-23-25-42-34(27-30)32-15-5-11-21-41(32)47-42/h1-27H. The van der Waals surface area contributed by atoms with Crippen molar-refractivity contribution >= 4 is 54.8 Å². The van der Waals surface area contributed by atoms with E-state index in [0.717, 1.165) is 66.8 Å². The largest absolute Gasteiger partial charge is 0.456 e. The molecule has 0 saturated heterocycles. The van der Waals surface area contributed by atoms with Gasteiger partial charge in [-0.05, 0) is 71.8 Å². The smallest absolute Gasteiger partial charge is 0.145 e. The summed E-state index contributed by atoms with van der Waals surface area (Å²) in [5, 5.41) is 4.70. The van der Waals surface area contributed by atoms with Crippen LogP contribution in [0.4, 0.5) is 0 Å². The Morgan fingerprint density at radius 3 is 1.83 bits per heavy atom. The summed E-state index contributed by atoms with van der Waals surface area (Å²) >= 11 is 0. The molecule has 0 aliphatic heterocycles. The molecule has 220 valence electrons. The van der Waals surface area contributed by atoms with Gasteiger partial charge in [-0.2, -0.15) is 0 Å². The van der Waals surface area contributed by atoms with Gasteiger partial charge < -0.3 is 8.98 Å². The van der Waals surface area contributed by atoms with Crippen molar-refractivity contribution in [3.05, 3.63) is 164 Å². The van der Waals surface area contributed by atoms with Gasteiger partial charge in [0.05, 0.1) is 33.4 Å². The lowest BCUT2D eigenvalue weighted by molar-refractivity contribution is 0.669. The molecule has 0 radical (unpaired) electrons. The average Bonchev–Trinajstić information content (AvgIpc) is 3.81. The highest BCUT2D eigenvalue weighted by atomic mass is 16.3. The number of para-hydroxylation sites is 6. The third-order valence-electron chi connectivity index (χ3n) is 9.34. The molecule has 4 nitrogen and oxygen atoms in total. The maximum atomic E-state index is 6.12. The van der Waals surface area contributed by atoms with E-state index in [-0.39, 0.29) is 0 Å². The zero-order valence-electron chi connectivity index (χ0n) is 25.3. The van der Waals surface area contributed by atoms with Crippen LogP contribution in [0.1, 0.15) is 0 Å². The minimum Gasteiger partial charge on any atom is -0.456 e. The van der Waals surface area contributed by atoms with Crippen molar-refractivity contribution in [3.63, 3.8) is 0 Å². The molecule has 3 aromatic heterocycles. The van der Waals surface area contributed by atoms with E-state index in [2.05, 4.69) is 155 Å². The number of furan rings is 1. The Kier molecular flexibility index (Phi) is 5.54. The van der Waals surface area contributed by atoms with Crippen LogP contribution in [-0.4, -0.2) is 14.1 Å². The van der Waals surface area contributed by atoms with E-state index in [1.165, 1.54) is 21.9 Å². The Morgan fingerprint density at radius 1 is 0.383 bits per heavy atom. The maximum Gasteiger partial charge on any atom is 0.145 e. The Bertz CT molecular complexity index is 2800. The number of rotatable bonds is 4. The first kappa shape index (κ1) is 25.9. The van der Waals surface area contributed by atoms with Crippen molar-refractivity contribution in [3.8, 4) is 33.9 Å². The monoisotopic (exact) mass is 601 g/mol. The van der Waals surface area contributed by atoms with Gasteiger partial charge in [-0.15, -0.1) is 0 Å². The minimum atomic E-state index is 0.908. The summed E-state index contributed by atoms with van der Waals surface area (Å²) < 4.78 is 10.8. The summed E-state index contributed by atoms with van der Waals surface area (Å²) in [6, 6.07) is 57.8. The molecule has 47 heavy (non-hydrogen) atoms. The van der Waals surface area contributed by atoms with Crippen molar-refractivity contribution in [2.45, 2.75) is 0 Å². The molecule has 0 aliphatic carbocycles. The van der Waals surface area contributed by atoms with Gasteiger partial charge in [0.1, 0.15) is 17.0 Å². The summed E-state index contributed by atoms with van der Waals surface area (Å²) in [6.45, 7) is 0. The molecule has 0 aliphatic rings. The van der Waals surface area contributed by atoms with Crippen molar-refractivity contribution in [1.29, 1.82) is 0 Å². The first-order valence-corrected chi connectivity index (χ1v) is 15.9. The summed E-state index contributed by atoms with van der Waals surface area (Å²) in [7, 11) is 0. The van der Waals surface area contributed by atoms with Gasteiger partial charge in [0.15, 0.2) is 0 Å². The third kappa shape index (κ3) is 3.92. The minimum absolute atomic E-state index is 0.908. The zero-order chi connectivity index (χ0) is 30.9. The van der Waals surface area contributed by atoms with Crippen LogP contribution in [0.25, 0.3) is 88.7 Å². The number of benzene rings is 7. The van der Waals surface area contributed by atoms with Gasteiger partial charge in [-0.3, -0.25) is 4.57 Å². The van der Waals surface area contributed by atoms with E-state index >= 15 is 0 Å². The fourth-order valence-corrected chi connectivity index (χ4v) is 7.21. The van der Waals surface area contributed by atoms with Crippen LogP contribution in [0, 0.1) is 0 Å². The Labute approximate surface area is 270 Å². The van der Waals surface area contributed by atoms with Crippen molar-refractivity contribution in [1.82, 2.24) is 14.1 Å². The molecule has 0 amide bonds. The Morgan fingerprint density at radius 2 is 0.979 bits per heavy atom. The average molecular weight is 602 g/mol. The van der Waals surface area contributed by atoms with Gasteiger partial charge in [0, 0.05) is 27.1 Å². The molecule has 0 bridgehead atoms. The summed E-state index contributed by atoms with van der Waals surface area (Å²) in [4.78, 5) is 5.14. The van der Waals surface area contributed by atoms with Gasteiger partial charge >= 0.3 is 0 Å². The summed E-state index contributed by atoms with van der Waals surface area (Å²) in [6.07, 6.45) is 0. The molecule has 10 aromatic rings. The fourth-order valence-electron chi connectivity index (χ4n) is 7.21. The predicted molar refractivity (Wildman–Crippen MR) is 194 cm³/mol. The van der Waals surface area contributed by atoms with E-state index in [9.17, 15) is 0 Å². The highest BCUT2D eigenvalue weighted by Crippen LogP contribution is 2.39. The molecule has 0 fully saturated rings. The SMILES string of the molecule is c1ccc(-c2nc3ccccc3n2-c2ccccc2-n2c3ccccc3c3cc(-c4ccc5oc6ccccc6c5c4)ccc32)cc1. The molecule has 7 aromatic carbocycles. The second kappa shape index (κ2) is 10.1. The number of hydrogen-bond donors (Lipinski definition) is 0. The lowest BCUT2D eigenvalue weighted by atomic mass is 10.0. The summed E-state index contributed by atoms with van der Waals surface area (Å²) in [5.74, 6) is 0.921. The number of hydrogen-bond acceptors (Lipinski definition) is 2. The Hall–Kier alpha value is -6.39. The van der Waals surface area contributed by atoms with E-state index in [0.29, 0.717) is 0 Å². The lowest BCUT2D eigenvalue weighted by Crippen LogP contribution is -2.04. The topological polar surface area (TPSA) is 35.9 Å². The summed E-state index contributed by atoms with van der Waals surface area (Å²) in [5.41, 5.74) is 11.8. The van der Waals surface area contributed by atoms with Gasteiger partial charge in [0.25, 0.3) is 0 Å². The van der Waals surface area contributed by atoms with Crippen LogP contribution in [0.3, 0.4) is 0 Å². The number of aromatic nitrogens is 3. The number of nitrogens with zero attached hydrogens (tertiary/aromatic N) is 3. The zero-order valence-corrected chi connectivity index (χ0v) is 25.3. The first-order valence-electron chi connectivity index (χ1n) is 15.9. The van der Waals surface area contributed by atoms with Crippen LogP contribution in [0.2, 0.25) is 0 Å². The number of fused-ring (bicyclic) bond motifs is 7. The number of imidazole rings is 1. The van der Waals surface area contributed by atoms with Gasteiger partial charge in [-0.25, -0.2) is 4.98 Å². The molecule has 4 heteroatoms. The van der Waals surface area contributed by atoms with Crippen LogP contribution in [0.15, 0.2) is 168 Å². The normalized spacial score (nSPS) is 11.8. The van der Waals surface area contributed by atoms with Crippen LogP contribution in [0.5, 0.6) is 0 Å². The van der Waals surface area contributed by atoms with E-state index in [4.69, 9.17) is 9.40 Å². The second-order valence-electron chi connectivity index (χ2n) is 12.0. The second-order valence-corrected chi connectivity index (χ2v) is 12.0. The van der Waals surface area contributed by atoms with Crippen molar-refractivity contribution < 1.29 is 4.42 Å². The van der Waals surface area contributed by atoms with Crippen LogP contribution >= 0.6 is 0 Å². The molecular formula is C43H27N3O. The predicted octanol–water partition coefficient (Wildman–Crippen LogP) is 11.4. The van der Waals surface area contributed by atoms with Gasteiger partial charge in [-0.1, -0.05) is 103 Å². The van der Waals surface area contributed by atoms with Crippen LogP contribution < -0.4 is 0 Å². The maximum absolute atomic E-state index is 6.12. The van der Waals surface area contributed by atoms with E-state index in [1.807, 2.05) is 18.2 Å². The van der Waals surface area contributed by atoms with E-state index in [1.54, 1.807) is 0 Å². The van der Waals surface area contributed by atoms with Crippen molar-refractivity contribution in [2.75, 3.05) is 0 Å². The Balaban J connectivity index is 1.21. The van der Waals surface area contributed by atoms with Crippen molar-refractivity contribution in [2.24, 2.45) is 0 Å². The quantitative estimate of drug-likeness (QED) is 0.201.